The van der Waals surface area contributed by atoms with E-state index in [1.165, 1.54) is 22.5 Å². The maximum absolute atomic E-state index is 12.8. The molecule has 0 atom stereocenters. The standard InChI is InChI=1S/C22H23N3O3/c1-14-18(13-23-19-8-6-5-7-17(19)21(27)28)20(26)25(24-14)16-11-9-15(10-12-16)22(2,3)4/h5-13,24H,1-4H3,(H,27,28). The molecule has 1 aromatic heterocycles. The highest BCUT2D eigenvalue weighted by Gasteiger charge is 2.15. The number of hydrogen-bond donors (Lipinski definition) is 2. The number of H-pyrrole nitrogens is 1. The number of aromatic nitrogens is 2. The molecule has 0 unspecified atom stereocenters. The summed E-state index contributed by atoms with van der Waals surface area (Å²) in [5.74, 6) is -1.06. The lowest BCUT2D eigenvalue weighted by atomic mass is 9.87. The van der Waals surface area contributed by atoms with Crippen molar-refractivity contribution < 1.29 is 9.90 Å². The summed E-state index contributed by atoms with van der Waals surface area (Å²) in [5.41, 5.74) is 3.14. The molecule has 0 aliphatic rings. The number of hydrogen-bond acceptors (Lipinski definition) is 3. The van der Waals surface area contributed by atoms with E-state index in [1.807, 2.05) is 24.3 Å². The Balaban J connectivity index is 1.97. The second-order valence-corrected chi connectivity index (χ2v) is 7.67. The van der Waals surface area contributed by atoms with Crippen LogP contribution in [0.1, 0.15) is 48.0 Å². The fraction of sp³-hybridized carbons (Fsp3) is 0.227. The van der Waals surface area contributed by atoms with Gasteiger partial charge in [0.05, 0.1) is 22.5 Å². The molecule has 0 saturated carbocycles. The van der Waals surface area contributed by atoms with Gasteiger partial charge in [0.25, 0.3) is 5.56 Å². The van der Waals surface area contributed by atoms with E-state index >= 15 is 0 Å². The topological polar surface area (TPSA) is 87.5 Å². The van der Waals surface area contributed by atoms with Crippen LogP contribution in [-0.4, -0.2) is 27.1 Å². The van der Waals surface area contributed by atoms with Crippen LogP contribution in [0, 0.1) is 6.92 Å². The first kappa shape index (κ1) is 19.4. The van der Waals surface area contributed by atoms with Crippen LogP contribution in [0.15, 0.2) is 58.3 Å². The van der Waals surface area contributed by atoms with Crippen LogP contribution in [0.4, 0.5) is 5.69 Å². The van der Waals surface area contributed by atoms with E-state index in [0.717, 1.165) is 5.69 Å². The fourth-order valence-electron chi connectivity index (χ4n) is 2.91. The maximum Gasteiger partial charge on any atom is 0.337 e. The van der Waals surface area contributed by atoms with Gasteiger partial charge in [0.2, 0.25) is 0 Å². The second-order valence-electron chi connectivity index (χ2n) is 7.67. The summed E-state index contributed by atoms with van der Waals surface area (Å²) in [5, 5.41) is 12.3. The molecule has 0 aliphatic heterocycles. The SMILES string of the molecule is Cc1[nH]n(-c2ccc(C(C)(C)C)cc2)c(=O)c1C=Nc1ccccc1C(=O)O. The molecule has 2 N–H and O–H groups in total. The highest BCUT2D eigenvalue weighted by molar-refractivity contribution is 5.95. The van der Waals surface area contributed by atoms with Crippen molar-refractivity contribution in [3.63, 3.8) is 0 Å². The summed E-state index contributed by atoms with van der Waals surface area (Å²) < 4.78 is 1.46. The van der Waals surface area contributed by atoms with Crippen LogP contribution in [-0.2, 0) is 5.41 Å². The van der Waals surface area contributed by atoms with Crippen LogP contribution in [0.2, 0.25) is 0 Å². The molecule has 1 heterocycles. The number of aryl methyl sites for hydroxylation is 1. The normalized spacial score (nSPS) is 11.9. The first-order chi connectivity index (χ1) is 13.2. The second kappa shape index (κ2) is 7.31. The lowest BCUT2D eigenvalue weighted by Crippen LogP contribution is -2.18. The molecule has 0 amide bonds. The molecule has 3 aromatic rings. The van der Waals surface area contributed by atoms with Gasteiger partial charge in [-0.15, -0.1) is 0 Å². The Morgan fingerprint density at radius 3 is 2.36 bits per heavy atom. The Bertz CT molecular complexity index is 1100. The van der Waals surface area contributed by atoms with Gasteiger partial charge in [0, 0.05) is 11.9 Å². The summed E-state index contributed by atoms with van der Waals surface area (Å²) in [4.78, 5) is 28.4. The van der Waals surface area contributed by atoms with Crippen LogP contribution < -0.4 is 5.56 Å². The van der Waals surface area contributed by atoms with Crippen LogP contribution in [0.5, 0.6) is 0 Å². The van der Waals surface area contributed by atoms with Gasteiger partial charge in [-0.05, 0) is 42.2 Å². The summed E-state index contributed by atoms with van der Waals surface area (Å²) in [6, 6.07) is 14.2. The van der Waals surface area contributed by atoms with E-state index in [4.69, 9.17) is 0 Å². The van der Waals surface area contributed by atoms with E-state index < -0.39 is 5.97 Å². The summed E-state index contributed by atoms with van der Waals surface area (Å²) in [6.45, 7) is 8.19. The van der Waals surface area contributed by atoms with Gasteiger partial charge in [0.1, 0.15) is 0 Å². The van der Waals surface area contributed by atoms with Crippen molar-refractivity contribution in [3.05, 3.63) is 81.3 Å². The lowest BCUT2D eigenvalue weighted by Gasteiger charge is -2.19. The minimum atomic E-state index is -1.06. The quantitative estimate of drug-likeness (QED) is 0.667. The summed E-state index contributed by atoms with van der Waals surface area (Å²) in [7, 11) is 0. The van der Waals surface area contributed by atoms with Crippen LogP contribution in [0.25, 0.3) is 5.69 Å². The van der Waals surface area contributed by atoms with Crippen molar-refractivity contribution in [3.8, 4) is 5.69 Å². The van der Waals surface area contributed by atoms with Gasteiger partial charge in [-0.3, -0.25) is 14.9 Å². The van der Waals surface area contributed by atoms with E-state index in [1.54, 1.807) is 25.1 Å². The molecule has 0 aliphatic carbocycles. The highest BCUT2D eigenvalue weighted by Crippen LogP contribution is 2.23. The Kier molecular flexibility index (Phi) is 5.05. The third kappa shape index (κ3) is 3.81. The van der Waals surface area contributed by atoms with E-state index in [9.17, 15) is 14.7 Å². The molecule has 3 rings (SSSR count). The molecule has 0 saturated heterocycles. The summed E-state index contributed by atoms with van der Waals surface area (Å²) >= 11 is 0. The Morgan fingerprint density at radius 2 is 1.75 bits per heavy atom. The van der Waals surface area contributed by atoms with Gasteiger partial charge < -0.3 is 5.11 Å². The largest absolute Gasteiger partial charge is 0.478 e. The molecule has 28 heavy (non-hydrogen) atoms. The number of carbonyl (C=O) groups is 1. The molecular formula is C22H23N3O3. The Morgan fingerprint density at radius 1 is 1.11 bits per heavy atom. The molecule has 6 nitrogen and oxygen atoms in total. The predicted molar refractivity (Wildman–Crippen MR) is 110 cm³/mol. The van der Waals surface area contributed by atoms with Gasteiger partial charge >= 0.3 is 5.97 Å². The van der Waals surface area contributed by atoms with Gasteiger partial charge in [-0.1, -0.05) is 45.0 Å². The van der Waals surface area contributed by atoms with Crippen LogP contribution >= 0.6 is 0 Å². The highest BCUT2D eigenvalue weighted by atomic mass is 16.4. The minimum absolute atomic E-state index is 0.0322. The molecule has 2 aromatic carbocycles. The Hall–Kier alpha value is -3.41. The molecule has 0 bridgehead atoms. The van der Waals surface area contributed by atoms with Crippen molar-refractivity contribution >= 4 is 17.9 Å². The van der Waals surface area contributed by atoms with Crippen molar-refractivity contribution in [1.82, 2.24) is 9.78 Å². The minimum Gasteiger partial charge on any atom is -0.478 e. The number of aromatic carboxylic acids is 1. The van der Waals surface area contributed by atoms with Crippen molar-refractivity contribution in [2.75, 3.05) is 0 Å². The zero-order chi connectivity index (χ0) is 20.5. The van der Waals surface area contributed by atoms with Crippen molar-refractivity contribution in [2.45, 2.75) is 33.1 Å². The van der Waals surface area contributed by atoms with Crippen molar-refractivity contribution in [1.29, 1.82) is 0 Å². The molecule has 144 valence electrons. The number of aliphatic imine (C=N–C) groups is 1. The van der Waals surface area contributed by atoms with E-state index in [-0.39, 0.29) is 16.5 Å². The number of aromatic amines is 1. The van der Waals surface area contributed by atoms with Crippen LogP contribution in [0.3, 0.4) is 0 Å². The number of carboxylic acids is 1. The first-order valence-corrected chi connectivity index (χ1v) is 8.97. The third-order valence-corrected chi connectivity index (χ3v) is 4.58. The zero-order valence-corrected chi connectivity index (χ0v) is 16.4. The van der Waals surface area contributed by atoms with Gasteiger partial charge in [-0.25, -0.2) is 9.48 Å². The molecule has 0 fully saturated rings. The van der Waals surface area contributed by atoms with Gasteiger partial charge in [0.15, 0.2) is 0 Å². The third-order valence-electron chi connectivity index (χ3n) is 4.58. The number of para-hydroxylation sites is 1. The van der Waals surface area contributed by atoms with E-state index in [0.29, 0.717) is 16.9 Å². The number of carboxylic acid groups (broad SMARTS) is 1. The fourth-order valence-corrected chi connectivity index (χ4v) is 2.91. The number of benzene rings is 2. The number of nitrogens with zero attached hydrogens (tertiary/aromatic N) is 2. The summed E-state index contributed by atoms with van der Waals surface area (Å²) in [6.07, 6.45) is 1.41. The first-order valence-electron chi connectivity index (χ1n) is 8.97. The molecule has 0 spiro atoms. The molecule has 0 radical (unpaired) electrons. The monoisotopic (exact) mass is 377 g/mol. The Labute approximate surface area is 163 Å². The number of nitrogens with one attached hydrogen (secondary N) is 1. The zero-order valence-electron chi connectivity index (χ0n) is 16.4. The average Bonchev–Trinajstić information content (AvgIpc) is 2.93. The smallest absolute Gasteiger partial charge is 0.337 e. The number of rotatable bonds is 4. The molecular weight excluding hydrogens is 354 g/mol. The van der Waals surface area contributed by atoms with E-state index in [2.05, 4.69) is 30.9 Å². The van der Waals surface area contributed by atoms with Crippen molar-refractivity contribution in [2.24, 2.45) is 4.99 Å². The lowest BCUT2D eigenvalue weighted by molar-refractivity contribution is 0.0698. The average molecular weight is 377 g/mol. The van der Waals surface area contributed by atoms with Gasteiger partial charge in [-0.2, -0.15) is 0 Å². The molecule has 6 heteroatoms. The predicted octanol–water partition coefficient (Wildman–Crippen LogP) is 4.22. The maximum atomic E-state index is 12.8.